The molecular formula is C6H12N2O2. The molecule has 1 saturated heterocycles. The van der Waals surface area contributed by atoms with Gasteiger partial charge >= 0.3 is 6.03 Å². The third-order valence-electron chi connectivity index (χ3n) is 1.48. The molecule has 0 aromatic rings. The third kappa shape index (κ3) is 1.39. The number of carbonyl (C=O) groups is 1. The average molecular weight is 144 g/mol. The van der Waals surface area contributed by atoms with Crippen LogP contribution in [0.4, 0.5) is 4.79 Å². The van der Waals surface area contributed by atoms with Gasteiger partial charge in [0.1, 0.15) is 13.0 Å². The number of nitrogens with zero attached hydrogens (tertiary/aromatic N) is 1. The summed E-state index contributed by atoms with van der Waals surface area (Å²) in [6, 6.07) is -0.0405. The lowest BCUT2D eigenvalue weighted by atomic mass is 10.5. The van der Waals surface area contributed by atoms with E-state index in [0.29, 0.717) is 13.3 Å². The van der Waals surface area contributed by atoms with Crippen molar-refractivity contribution in [2.75, 3.05) is 13.3 Å². The van der Waals surface area contributed by atoms with Gasteiger partial charge in [-0.05, 0) is 13.8 Å². The van der Waals surface area contributed by atoms with E-state index in [9.17, 15) is 4.79 Å². The molecular weight excluding hydrogens is 132 g/mol. The lowest BCUT2D eigenvalue weighted by molar-refractivity contribution is -0.0377. The molecule has 1 aliphatic heterocycles. The highest BCUT2D eigenvalue weighted by atomic mass is 16.5. The number of hydrogen-bond donors (Lipinski definition) is 1. The summed E-state index contributed by atoms with van der Waals surface area (Å²) in [5.74, 6) is 0. The maximum Gasteiger partial charge on any atom is 0.321 e. The largest absolute Gasteiger partial charge is 0.338 e. The lowest BCUT2D eigenvalue weighted by Crippen LogP contribution is -2.51. The average Bonchev–Trinajstić information content (AvgIpc) is 1.88. The van der Waals surface area contributed by atoms with Crippen LogP contribution in [0.3, 0.4) is 0 Å². The van der Waals surface area contributed by atoms with Crippen molar-refractivity contribution in [2.45, 2.75) is 20.1 Å². The normalized spacial score (nSPS) is 26.4. The highest BCUT2D eigenvalue weighted by Crippen LogP contribution is 2.00. The molecule has 1 atom stereocenters. The standard InChI is InChI=1S/C6H12N2O2/c1-3-8-4-10-5(2)7-6(8)9/h5H,3-4H2,1-2H3,(H,7,9). The predicted molar refractivity (Wildman–Crippen MR) is 36.3 cm³/mol. The van der Waals surface area contributed by atoms with Gasteiger partial charge in [0.05, 0.1) is 0 Å². The summed E-state index contributed by atoms with van der Waals surface area (Å²) in [7, 11) is 0. The Morgan fingerprint density at radius 1 is 1.90 bits per heavy atom. The van der Waals surface area contributed by atoms with Crippen LogP contribution in [0.25, 0.3) is 0 Å². The van der Waals surface area contributed by atoms with E-state index in [-0.39, 0.29) is 12.3 Å². The Hall–Kier alpha value is -0.770. The van der Waals surface area contributed by atoms with Gasteiger partial charge in [-0.25, -0.2) is 4.79 Å². The van der Waals surface area contributed by atoms with Gasteiger partial charge in [0.25, 0.3) is 0 Å². The second-order valence-corrected chi connectivity index (χ2v) is 2.24. The van der Waals surface area contributed by atoms with Crippen molar-refractivity contribution in [1.29, 1.82) is 0 Å². The molecule has 1 fully saturated rings. The molecule has 0 spiro atoms. The zero-order valence-corrected chi connectivity index (χ0v) is 6.26. The van der Waals surface area contributed by atoms with E-state index in [1.165, 1.54) is 0 Å². The molecule has 1 N–H and O–H groups in total. The molecule has 0 aliphatic carbocycles. The number of rotatable bonds is 1. The first-order valence-electron chi connectivity index (χ1n) is 3.41. The van der Waals surface area contributed by atoms with Gasteiger partial charge in [0.2, 0.25) is 0 Å². The first-order valence-corrected chi connectivity index (χ1v) is 3.41. The Morgan fingerprint density at radius 3 is 3.10 bits per heavy atom. The molecule has 4 nitrogen and oxygen atoms in total. The molecule has 4 heteroatoms. The Balaban J connectivity index is 2.43. The van der Waals surface area contributed by atoms with Crippen LogP contribution in [0.5, 0.6) is 0 Å². The van der Waals surface area contributed by atoms with Gasteiger partial charge in [-0.15, -0.1) is 0 Å². The number of nitrogens with one attached hydrogen (secondary N) is 1. The molecule has 58 valence electrons. The fraction of sp³-hybridized carbons (Fsp3) is 0.833. The zero-order chi connectivity index (χ0) is 7.56. The van der Waals surface area contributed by atoms with E-state index in [1.807, 2.05) is 13.8 Å². The molecule has 10 heavy (non-hydrogen) atoms. The van der Waals surface area contributed by atoms with Crippen molar-refractivity contribution in [3.63, 3.8) is 0 Å². The zero-order valence-electron chi connectivity index (χ0n) is 6.26. The fourth-order valence-electron chi connectivity index (χ4n) is 0.802. The summed E-state index contributed by atoms with van der Waals surface area (Å²) in [6.45, 7) is 4.83. The summed E-state index contributed by atoms with van der Waals surface area (Å²) in [5.41, 5.74) is 0. The molecule has 0 aromatic heterocycles. The number of carbonyl (C=O) groups excluding carboxylic acids is 1. The van der Waals surface area contributed by atoms with Crippen molar-refractivity contribution in [3.05, 3.63) is 0 Å². The van der Waals surface area contributed by atoms with Gasteiger partial charge in [-0.1, -0.05) is 0 Å². The summed E-state index contributed by atoms with van der Waals surface area (Å²) < 4.78 is 5.15. The van der Waals surface area contributed by atoms with E-state index in [4.69, 9.17) is 4.74 Å². The second kappa shape index (κ2) is 2.88. The summed E-state index contributed by atoms with van der Waals surface area (Å²) in [6.07, 6.45) is -0.143. The van der Waals surface area contributed by atoms with Crippen LogP contribution >= 0.6 is 0 Å². The minimum atomic E-state index is -0.143. The van der Waals surface area contributed by atoms with Crippen LogP contribution in [-0.4, -0.2) is 30.4 Å². The molecule has 0 aromatic carbocycles. The van der Waals surface area contributed by atoms with Crippen LogP contribution in [0.2, 0.25) is 0 Å². The Bertz CT molecular complexity index is 138. The first-order chi connectivity index (χ1) is 4.74. The van der Waals surface area contributed by atoms with E-state index < -0.39 is 0 Å². The smallest absolute Gasteiger partial charge is 0.321 e. The van der Waals surface area contributed by atoms with Gasteiger partial charge in [-0.3, -0.25) is 0 Å². The van der Waals surface area contributed by atoms with Crippen molar-refractivity contribution < 1.29 is 9.53 Å². The summed E-state index contributed by atoms with van der Waals surface area (Å²) >= 11 is 0. The van der Waals surface area contributed by atoms with Gasteiger partial charge in [0.15, 0.2) is 0 Å². The summed E-state index contributed by atoms with van der Waals surface area (Å²) in [5, 5.41) is 2.64. The number of urea groups is 1. The highest BCUT2D eigenvalue weighted by Gasteiger charge is 2.19. The number of hydrogen-bond acceptors (Lipinski definition) is 2. The van der Waals surface area contributed by atoms with Gasteiger partial charge < -0.3 is 15.0 Å². The minimum absolute atomic E-state index is 0.0405. The maximum absolute atomic E-state index is 11.0. The van der Waals surface area contributed by atoms with Gasteiger partial charge in [0, 0.05) is 6.54 Å². The lowest BCUT2D eigenvalue weighted by Gasteiger charge is -2.30. The van der Waals surface area contributed by atoms with E-state index >= 15 is 0 Å². The predicted octanol–water partition coefficient (Wildman–Crippen LogP) is 0.352. The van der Waals surface area contributed by atoms with Crippen molar-refractivity contribution >= 4 is 6.03 Å². The Kier molecular flexibility index (Phi) is 2.11. The molecule has 1 heterocycles. The quantitative estimate of drug-likeness (QED) is 0.577. The second-order valence-electron chi connectivity index (χ2n) is 2.24. The van der Waals surface area contributed by atoms with E-state index in [1.54, 1.807) is 4.90 Å². The monoisotopic (exact) mass is 144 g/mol. The van der Waals surface area contributed by atoms with Crippen molar-refractivity contribution in [1.82, 2.24) is 10.2 Å². The van der Waals surface area contributed by atoms with Gasteiger partial charge in [-0.2, -0.15) is 0 Å². The molecule has 0 saturated carbocycles. The molecule has 0 radical (unpaired) electrons. The summed E-state index contributed by atoms with van der Waals surface area (Å²) in [4.78, 5) is 12.6. The molecule has 0 bridgehead atoms. The topological polar surface area (TPSA) is 41.6 Å². The maximum atomic E-state index is 11.0. The fourth-order valence-corrected chi connectivity index (χ4v) is 0.802. The van der Waals surface area contributed by atoms with Crippen molar-refractivity contribution in [3.8, 4) is 0 Å². The van der Waals surface area contributed by atoms with Crippen LogP contribution in [0, 0.1) is 0 Å². The van der Waals surface area contributed by atoms with E-state index in [2.05, 4.69) is 5.32 Å². The third-order valence-corrected chi connectivity index (χ3v) is 1.48. The molecule has 1 aliphatic rings. The molecule has 2 amide bonds. The molecule has 1 rings (SSSR count). The number of amides is 2. The molecule has 1 unspecified atom stereocenters. The van der Waals surface area contributed by atoms with Crippen LogP contribution < -0.4 is 5.32 Å². The van der Waals surface area contributed by atoms with Crippen molar-refractivity contribution in [2.24, 2.45) is 0 Å². The van der Waals surface area contributed by atoms with Crippen LogP contribution in [0.15, 0.2) is 0 Å². The van der Waals surface area contributed by atoms with Crippen LogP contribution in [0.1, 0.15) is 13.8 Å². The minimum Gasteiger partial charge on any atom is -0.338 e. The Labute approximate surface area is 60.1 Å². The Morgan fingerprint density at radius 2 is 2.60 bits per heavy atom. The van der Waals surface area contributed by atoms with E-state index in [0.717, 1.165) is 0 Å². The number of ether oxygens (including phenoxy) is 1. The SMILES string of the molecule is CCN1COC(C)NC1=O. The highest BCUT2D eigenvalue weighted by molar-refractivity contribution is 5.74. The first kappa shape index (κ1) is 7.34. The van der Waals surface area contributed by atoms with Crippen LogP contribution in [-0.2, 0) is 4.74 Å².